The van der Waals surface area contributed by atoms with Crippen molar-refractivity contribution in [1.29, 1.82) is 0 Å². The highest BCUT2D eigenvalue weighted by Crippen LogP contribution is 2.48. The maximum absolute atomic E-state index is 13.2. The Kier molecular flexibility index (Phi) is 7.05. The van der Waals surface area contributed by atoms with E-state index in [4.69, 9.17) is 14.2 Å². The SMILES string of the molecule is COCOc1ccc(C2(N(C)C)CCC3(CC2)CN(Cc2ccc(OC)cc2)C(=O)N3C)cc1. The van der Waals surface area contributed by atoms with Gasteiger partial charge in [0.15, 0.2) is 6.79 Å². The predicted molar refractivity (Wildman–Crippen MR) is 132 cm³/mol. The Morgan fingerprint density at radius 2 is 1.53 bits per heavy atom. The van der Waals surface area contributed by atoms with Crippen molar-refractivity contribution in [3.05, 3.63) is 59.7 Å². The topological polar surface area (TPSA) is 54.5 Å². The first-order valence-corrected chi connectivity index (χ1v) is 11.9. The highest BCUT2D eigenvalue weighted by atomic mass is 16.7. The molecule has 0 aromatic heterocycles. The van der Waals surface area contributed by atoms with Crippen molar-refractivity contribution in [2.24, 2.45) is 0 Å². The molecule has 0 radical (unpaired) electrons. The summed E-state index contributed by atoms with van der Waals surface area (Å²) >= 11 is 0. The van der Waals surface area contributed by atoms with E-state index < -0.39 is 0 Å². The van der Waals surface area contributed by atoms with E-state index in [2.05, 4.69) is 31.1 Å². The molecule has 1 heterocycles. The zero-order chi connectivity index (χ0) is 24.3. The second-order valence-electron chi connectivity index (χ2n) is 9.77. The number of nitrogens with zero attached hydrogens (tertiary/aromatic N) is 3. The third-order valence-electron chi connectivity index (χ3n) is 7.89. The van der Waals surface area contributed by atoms with Crippen LogP contribution in [0.15, 0.2) is 48.5 Å². The molecular weight excluding hydrogens is 430 g/mol. The number of amides is 2. The van der Waals surface area contributed by atoms with E-state index in [1.807, 2.05) is 53.2 Å². The molecule has 2 aromatic rings. The maximum atomic E-state index is 13.2. The molecule has 2 aromatic carbocycles. The lowest BCUT2D eigenvalue weighted by Crippen LogP contribution is -2.54. The summed E-state index contributed by atoms with van der Waals surface area (Å²) in [5.41, 5.74) is 2.23. The van der Waals surface area contributed by atoms with Gasteiger partial charge < -0.3 is 24.0 Å². The van der Waals surface area contributed by atoms with Gasteiger partial charge in [0.2, 0.25) is 0 Å². The van der Waals surface area contributed by atoms with Gasteiger partial charge in [0.1, 0.15) is 11.5 Å². The van der Waals surface area contributed by atoms with Crippen LogP contribution in [0.2, 0.25) is 0 Å². The third kappa shape index (κ3) is 4.46. The Labute approximate surface area is 203 Å². The van der Waals surface area contributed by atoms with Crippen LogP contribution in [0.3, 0.4) is 0 Å². The largest absolute Gasteiger partial charge is 0.497 e. The first-order chi connectivity index (χ1) is 16.3. The Hall–Kier alpha value is -2.77. The van der Waals surface area contributed by atoms with E-state index in [0.29, 0.717) is 6.54 Å². The zero-order valence-corrected chi connectivity index (χ0v) is 21.0. The van der Waals surface area contributed by atoms with E-state index in [-0.39, 0.29) is 23.9 Å². The number of ether oxygens (including phenoxy) is 3. The molecule has 34 heavy (non-hydrogen) atoms. The van der Waals surface area contributed by atoms with Crippen LogP contribution >= 0.6 is 0 Å². The lowest BCUT2D eigenvalue weighted by Gasteiger charge is -2.50. The van der Waals surface area contributed by atoms with Crippen LogP contribution in [-0.2, 0) is 16.8 Å². The van der Waals surface area contributed by atoms with Crippen molar-refractivity contribution in [2.75, 3.05) is 48.7 Å². The number of urea groups is 1. The van der Waals surface area contributed by atoms with E-state index in [1.165, 1.54) is 5.56 Å². The van der Waals surface area contributed by atoms with Gasteiger partial charge in [-0.1, -0.05) is 24.3 Å². The maximum Gasteiger partial charge on any atom is 0.320 e. The van der Waals surface area contributed by atoms with Crippen molar-refractivity contribution < 1.29 is 19.0 Å². The Morgan fingerprint density at radius 1 is 0.912 bits per heavy atom. The average molecular weight is 468 g/mol. The third-order valence-corrected chi connectivity index (χ3v) is 7.89. The minimum atomic E-state index is -0.120. The minimum Gasteiger partial charge on any atom is -0.497 e. The van der Waals surface area contributed by atoms with E-state index >= 15 is 0 Å². The molecule has 1 saturated carbocycles. The molecule has 2 amide bonds. The summed E-state index contributed by atoms with van der Waals surface area (Å²) in [4.78, 5) is 19.5. The molecule has 0 unspecified atom stereocenters. The van der Waals surface area contributed by atoms with Crippen LogP contribution < -0.4 is 9.47 Å². The Morgan fingerprint density at radius 3 is 2.09 bits per heavy atom. The van der Waals surface area contributed by atoms with Crippen LogP contribution in [0, 0.1) is 0 Å². The number of hydrogen-bond donors (Lipinski definition) is 0. The van der Waals surface area contributed by atoms with Gasteiger partial charge >= 0.3 is 6.03 Å². The molecule has 1 spiro atoms. The number of methoxy groups -OCH3 is 2. The lowest BCUT2D eigenvalue weighted by molar-refractivity contribution is 0.0316. The van der Waals surface area contributed by atoms with Crippen molar-refractivity contribution in [3.63, 3.8) is 0 Å². The molecule has 7 heteroatoms. The zero-order valence-electron chi connectivity index (χ0n) is 21.0. The Balaban J connectivity index is 1.48. The van der Waals surface area contributed by atoms with E-state index in [1.54, 1.807) is 14.2 Å². The number of carbonyl (C=O) groups is 1. The van der Waals surface area contributed by atoms with Gasteiger partial charge in [0.05, 0.1) is 12.6 Å². The van der Waals surface area contributed by atoms with Crippen molar-refractivity contribution >= 4 is 6.03 Å². The monoisotopic (exact) mass is 467 g/mol. The first-order valence-electron chi connectivity index (χ1n) is 11.9. The van der Waals surface area contributed by atoms with Gasteiger partial charge in [-0.15, -0.1) is 0 Å². The highest BCUT2D eigenvalue weighted by molar-refractivity contribution is 5.78. The summed E-state index contributed by atoms with van der Waals surface area (Å²) in [6, 6.07) is 16.5. The molecule has 2 fully saturated rings. The molecule has 0 N–H and O–H groups in total. The molecule has 2 aliphatic rings. The molecule has 7 nitrogen and oxygen atoms in total. The first kappa shape index (κ1) is 24.4. The van der Waals surface area contributed by atoms with Crippen molar-refractivity contribution in [3.8, 4) is 11.5 Å². The summed E-state index contributed by atoms with van der Waals surface area (Å²) in [5.74, 6) is 1.64. The second kappa shape index (κ2) is 9.84. The fourth-order valence-electron chi connectivity index (χ4n) is 5.62. The molecule has 1 aliphatic heterocycles. The summed E-state index contributed by atoms with van der Waals surface area (Å²) < 4.78 is 15.8. The van der Waals surface area contributed by atoms with E-state index in [9.17, 15) is 4.79 Å². The fourth-order valence-corrected chi connectivity index (χ4v) is 5.62. The average Bonchev–Trinajstić information content (AvgIpc) is 3.08. The number of rotatable bonds is 8. The highest BCUT2D eigenvalue weighted by Gasteiger charge is 2.53. The number of likely N-dealkylation sites (N-methyl/N-ethyl adjacent to an activating group) is 1. The number of benzene rings is 2. The molecule has 184 valence electrons. The van der Waals surface area contributed by atoms with Crippen LogP contribution in [0.5, 0.6) is 11.5 Å². The quantitative estimate of drug-likeness (QED) is 0.542. The summed E-state index contributed by atoms with van der Waals surface area (Å²) in [7, 11) is 9.58. The minimum absolute atomic E-state index is 0.0572. The van der Waals surface area contributed by atoms with Crippen LogP contribution in [0.4, 0.5) is 4.79 Å². The molecule has 4 rings (SSSR count). The van der Waals surface area contributed by atoms with Gasteiger partial charge in [-0.3, -0.25) is 4.90 Å². The molecular formula is C27H37N3O4. The van der Waals surface area contributed by atoms with E-state index in [0.717, 1.165) is 49.3 Å². The number of carbonyl (C=O) groups excluding carboxylic acids is 1. The second-order valence-corrected chi connectivity index (χ2v) is 9.77. The summed E-state index contributed by atoms with van der Waals surface area (Å²) in [6.45, 7) is 1.63. The smallest absolute Gasteiger partial charge is 0.320 e. The Bertz CT molecular complexity index is 966. The molecule has 0 atom stereocenters. The molecule has 1 aliphatic carbocycles. The van der Waals surface area contributed by atoms with Crippen LogP contribution in [0.1, 0.15) is 36.8 Å². The van der Waals surface area contributed by atoms with Gasteiger partial charge in [-0.2, -0.15) is 0 Å². The molecule has 0 bridgehead atoms. The number of hydrogen-bond acceptors (Lipinski definition) is 5. The van der Waals surface area contributed by atoms with Crippen LogP contribution in [0.25, 0.3) is 0 Å². The standard InChI is InChI=1S/C27H37N3O4/c1-28(2)27(22-8-12-24(13-9-22)34-20-32-4)16-14-26(15-17-27)19-30(25(31)29(26)3)18-21-6-10-23(33-5)11-7-21/h6-13H,14-20H2,1-5H3. The predicted octanol–water partition coefficient (Wildman–Crippen LogP) is 4.32. The normalized spacial score (nSPS) is 24.8. The fraction of sp³-hybridized carbons (Fsp3) is 0.519. The lowest BCUT2D eigenvalue weighted by atomic mass is 9.68. The van der Waals surface area contributed by atoms with Crippen molar-refractivity contribution in [2.45, 2.75) is 43.3 Å². The van der Waals surface area contributed by atoms with Gasteiger partial charge in [0, 0.05) is 32.8 Å². The van der Waals surface area contributed by atoms with Gasteiger partial charge in [-0.25, -0.2) is 4.79 Å². The van der Waals surface area contributed by atoms with Gasteiger partial charge in [0.25, 0.3) is 0 Å². The van der Waals surface area contributed by atoms with Crippen LogP contribution in [-0.4, -0.2) is 75.0 Å². The summed E-state index contributed by atoms with van der Waals surface area (Å²) in [5, 5.41) is 0. The van der Waals surface area contributed by atoms with Gasteiger partial charge in [-0.05, 0) is 75.2 Å². The molecule has 1 saturated heterocycles. The van der Waals surface area contributed by atoms with Crippen molar-refractivity contribution in [1.82, 2.24) is 14.7 Å². The summed E-state index contributed by atoms with van der Waals surface area (Å²) in [6.07, 6.45) is 3.92.